The predicted octanol–water partition coefficient (Wildman–Crippen LogP) is 3.38. The largest absolute Gasteiger partial charge is 0.478 e. The Morgan fingerprint density at radius 1 is 1.53 bits per heavy atom. The molecule has 0 unspecified atom stereocenters. The van der Waals surface area contributed by atoms with E-state index in [0.717, 1.165) is 23.2 Å². The lowest BCUT2D eigenvalue weighted by Gasteiger charge is -2.33. The van der Waals surface area contributed by atoms with Crippen molar-refractivity contribution >= 4 is 27.6 Å². The molecule has 1 saturated heterocycles. The molecule has 1 aromatic rings. The molecule has 0 aliphatic carbocycles. The second kappa shape index (κ2) is 5.08. The molecule has 3 nitrogen and oxygen atoms in total. The summed E-state index contributed by atoms with van der Waals surface area (Å²) < 4.78 is 0.867. The molecule has 92 valence electrons. The van der Waals surface area contributed by atoms with Crippen LogP contribution < -0.4 is 4.90 Å². The van der Waals surface area contributed by atoms with Crippen molar-refractivity contribution in [2.45, 2.75) is 19.8 Å². The molecule has 0 saturated carbocycles. The summed E-state index contributed by atoms with van der Waals surface area (Å²) in [6.07, 6.45) is 2.48. The van der Waals surface area contributed by atoms with Crippen LogP contribution >= 0.6 is 15.9 Å². The Morgan fingerprint density at radius 3 is 2.88 bits per heavy atom. The third-order valence-electron chi connectivity index (χ3n) is 3.19. The fourth-order valence-electron chi connectivity index (χ4n) is 2.30. The summed E-state index contributed by atoms with van der Waals surface area (Å²) in [6, 6.07) is 5.24. The summed E-state index contributed by atoms with van der Waals surface area (Å²) in [7, 11) is 0. The van der Waals surface area contributed by atoms with Crippen molar-refractivity contribution in [3.8, 4) is 0 Å². The molecule has 0 aromatic heterocycles. The predicted molar refractivity (Wildman–Crippen MR) is 71.7 cm³/mol. The van der Waals surface area contributed by atoms with Crippen molar-refractivity contribution in [3.63, 3.8) is 0 Å². The quantitative estimate of drug-likeness (QED) is 0.910. The fourth-order valence-corrected chi connectivity index (χ4v) is 2.93. The number of halogens is 1. The molecule has 1 fully saturated rings. The van der Waals surface area contributed by atoms with E-state index >= 15 is 0 Å². The number of carbonyl (C=O) groups is 1. The van der Waals surface area contributed by atoms with E-state index in [2.05, 4.69) is 27.8 Å². The highest BCUT2D eigenvalue weighted by atomic mass is 79.9. The van der Waals surface area contributed by atoms with Gasteiger partial charge < -0.3 is 10.0 Å². The van der Waals surface area contributed by atoms with Crippen molar-refractivity contribution in [1.29, 1.82) is 0 Å². The van der Waals surface area contributed by atoms with Gasteiger partial charge in [0.2, 0.25) is 0 Å². The van der Waals surface area contributed by atoms with Crippen LogP contribution in [-0.2, 0) is 0 Å². The van der Waals surface area contributed by atoms with Gasteiger partial charge in [-0.05, 0) is 52.9 Å². The summed E-state index contributed by atoms with van der Waals surface area (Å²) in [4.78, 5) is 13.2. The summed E-state index contributed by atoms with van der Waals surface area (Å²) in [6.45, 7) is 4.35. The number of nitrogens with zero attached hydrogens (tertiary/aromatic N) is 1. The summed E-state index contributed by atoms with van der Waals surface area (Å²) >= 11 is 3.47. The molecule has 0 spiro atoms. The van der Waals surface area contributed by atoms with Crippen molar-refractivity contribution < 1.29 is 9.90 Å². The fraction of sp³-hybridized carbons (Fsp3) is 0.462. The van der Waals surface area contributed by atoms with E-state index in [1.807, 2.05) is 6.07 Å². The van der Waals surface area contributed by atoms with E-state index in [0.29, 0.717) is 11.5 Å². The smallest absolute Gasteiger partial charge is 0.335 e. The van der Waals surface area contributed by atoms with Gasteiger partial charge in [0.15, 0.2) is 0 Å². The van der Waals surface area contributed by atoms with Gasteiger partial charge in [-0.25, -0.2) is 4.79 Å². The molecular weight excluding hydrogens is 282 g/mol. The molecular formula is C13H16BrNO2. The minimum Gasteiger partial charge on any atom is -0.478 e. The summed E-state index contributed by atoms with van der Waals surface area (Å²) in [5.74, 6) is -0.181. The van der Waals surface area contributed by atoms with E-state index in [1.165, 1.54) is 12.8 Å². The number of hydrogen-bond donors (Lipinski definition) is 1. The number of piperidine rings is 1. The number of benzene rings is 1. The van der Waals surface area contributed by atoms with E-state index in [-0.39, 0.29) is 0 Å². The van der Waals surface area contributed by atoms with Gasteiger partial charge in [-0.2, -0.15) is 0 Å². The minimum atomic E-state index is -0.885. The van der Waals surface area contributed by atoms with Gasteiger partial charge in [0.25, 0.3) is 0 Å². The molecule has 0 radical (unpaired) electrons. The second-order valence-corrected chi connectivity index (χ2v) is 5.52. The maximum absolute atomic E-state index is 10.9. The maximum atomic E-state index is 10.9. The molecule has 1 N–H and O–H groups in total. The van der Waals surface area contributed by atoms with Gasteiger partial charge in [0.1, 0.15) is 0 Å². The van der Waals surface area contributed by atoms with Gasteiger partial charge in [0.05, 0.1) is 11.3 Å². The first-order chi connectivity index (χ1) is 8.08. The molecule has 4 heteroatoms. The van der Waals surface area contributed by atoms with Gasteiger partial charge in [0, 0.05) is 17.6 Å². The number of carboxylic acids is 1. The highest BCUT2D eigenvalue weighted by Gasteiger charge is 2.19. The summed E-state index contributed by atoms with van der Waals surface area (Å²) in [5.41, 5.74) is 1.42. The number of hydrogen-bond acceptors (Lipinski definition) is 2. The van der Waals surface area contributed by atoms with Crippen LogP contribution in [0.25, 0.3) is 0 Å². The molecule has 17 heavy (non-hydrogen) atoms. The molecule has 1 aliphatic rings. The Bertz CT molecular complexity index is 433. The van der Waals surface area contributed by atoms with Crippen LogP contribution in [0.4, 0.5) is 5.69 Å². The third-order valence-corrected chi connectivity index (χ3v) is 3.83. The van der Waals surface area contributed by atoms with Gasteiger partial charge in [-0.1, -0.05) is 6.92 Å². The van der Waals surface area contributed by atoms with E-state index in [9.17, 15) is 4.79 Å². The lowest BCUT2D eigenvalue weighted by Crippen LogP contribution is -2.34. The number of aromatic carboxylic acids is 1. The Morgan fingerprint density at radius 2 is 2.29 bits per heavy atom. The highest BCUT2D eigenvalue weighted by Crippen LogP contribution is 2.30. The van der Waals surface area contributed by atoms with Gasteiger partial charge in [-0.15, -0.1) is 0 Å². The Hall–Kier alpha value is -1.03. The van der Waals surface area contributed by atoms with Crippen molar-refractivity contribution in [2.24, 2.45) is 5.92 Å². The molecule has 1 aromatic carbocycles. The van der Waals surface area contributed by atoms with Gasteiger partial charge in [-0.3, -0.25) is 0 Å². The Kier molecular flexibility index (Phi) is 3.72. The molecule has 0 bridgehead atoms. The zero-order valence-electron chi connectivity index (χ0n) is 9.82. The minimum absolute atomic E-state index is 0.325. The molecule has 2 rings (SSSR count). The Labute approximate surface area is 110 Å². The number of carboxylic acid groups (broad SMARTS) is 1. The van der Waals surface area contributed by atoms with Crippen LogP contribution in [0.2, 0.25) is 0 Å². The van der Waals surface area contributed by atoms with E-state index in [4.69, 9.17) is 5.11 Å². The lowest BCUT2D eigenvalue weighted by molar-refractivity contribution is 0.0697. The van der Waals surface area contributed by atoms with Crippen LogP contribution in [0, 0.1) is 5.92 Å². The zero-order valence-corrected chi connectivity index (χ0v) is 11.4. The Balaban J connectivity index is 2.23. The van der Waals surface area contributed by atoms with Crippen LogP contribution in [-0.4, -0.2) is 24.2 Å². The second-order valence-electron chi connectivity index (χ2n) is 4.66. The monoisotopic (exact) mass is 297 g/mol. The van der Waals surface area contributed by atoms with Crippen molar-refractivity contribution in [2.75, 3.05) is 18.0 Å². The van der Waals surface area contributed by atoms with Crippen LogP contribution in [0.1, 0.15) is 30.1 Å². The standard InChI is InChI=1S/C13H16BrNO2/c1-9-3-2-6-15(8-9)12-5-4-10(13(16)17)7-11(12)14/h4-5,7,9H,2-3,6,8H2,1H3,(H,16,17)/t9-/m0/s1. The summed E-state index contributed by atoms with van der Waals surface area (Å²) in [5, 5.41) is 8.92. The first-order valence-corrected chi connectivity index (χ1v) is 6.65. The van der Waals surface area contributed by atoms with E-state index < -0.39 is 5.97 Å². The number of anilines is 1. The van der Waals surface area contributed by atoms with Crippen LogP contribution in [0.15, 0.2) is 22.7 Å². The average molecular weight is 298 g/mol. The normalized spacial score (nSPS) is 20.4. The maximum Gasteiger partial charge on any atom is 0.335 e. The zero-order chi connectivity index (χ0) is 12.4. The molecule has 0 amide bonds. The topological polar surface area (TPSA) is 40.5 Å². The lowest BCUT2D eigenvalue weighted by atomic mass is 9.99. The highest BCUT2D eigenvalue weighted by molar-refractivity contribution is 9.10. The molecule has 1 aliphatic heterocycles. The van der Waals surface area contributed by atoms with Crippen LogP contribution in [0.3, 0.4) is 0 Å². The SMILES string of the molecule is C[C@H]1CCCN(c2ccc(C(=O)O)cc2Br)C1. The van der Waals surface area contributed by atoms with E-state index in [1.54, 1.807) is 12.1 Å². The van der Waals surface area contributed by atoms with Crippen molar-refractivity contribution in [3.05, 3.63) is 28.2 Å². The molecule has 1 atom stereocenters. The first kappa shape index (κ1) is 12.4. The van der Waals surface area contributed by atoms with Crippen LogP contribution in [0.5, 0.6) is 0 Å². The average Bonchev–Trinajstić information content (AvgIpc) is 2.28. The number of rotatable bonds is 2. The molecule has 1 heterocycles. The first-order valence-electron chi connectivity index (χ1n) is 5.85. The third kappa shape index (κ3) is 2.80. The van der Waals surface area contributed by atoms with Crippen molar-refractivity contribution in [1.82, 2.24) is 0 Å². The van der Waals surface area contributed by atoms with Gasteiger partial charge >= 0.3 is 5.97 Å².